The first-order valence-electron chi connectivity index (χ1n) is 6.67. The first kappa shape index (κ1) is 11.5. The predicted octanol–water partition coefficient (Wildman–Crippen LogP) is 2.55. The molecule has 0 amide bonds. The molecule has 1 aromatic carbocycles. The summed E-state index contributed by atoms with van der Waals surface area (Å²) in [5, 5.41) is 5.75. The van der Waals surface area contributed by atoms with Crippen LogP contribution in [0.25, 0.3) is 10.8 Å². The summed E-state index contributed by atoms with van der Waals surface area (Å²) in [7, 11) is 1.96. The standard InChI is InChI=1S/C15H19N3/c1-16-11-13-10-12-6-2-3-7-14(12)15(17-13)18-8-4-5-9-18/h2-3,6-7,10,16H,4-5,8-9,11H2,1H3. The van der Waals surface area contributed by atoms with Crippen LogP contribution < -0.4 is 10.2 Å². The second-order valence-corrected chi connectivity index (χ2v) is 4.88. The number of pyridine rings is 1. The van der Waals surface area contributed by atoms with Crippen molar-refractivity contribution in [2.24, 2.45) is 0 Å². The Bertz CT molecular complexity index is 544. The Morgan fingerprint density at radius 3 is 2.78 bits per heavy atom. The fraction of sp³-hybridized carbons (Fsp3) is 0.400. The number of hydrogen-bond acceptors (Lipinski definition) is 3. The van der Waals surface area contributed by atoms with Crippen LogP contribution in [0, 0.1) is 0 Å². The molecule has 0 spiro atoms. The lowest BCUT2D eigenvalue weighted by atomic mass is 10.1. The van der Waals surface area contributed by atoms with Crippen LogP contribution in [0.3, 0.4) is 0 Å². The Balaban J connectivity index is 2.13. The van der Waals surface area contributed by atoms with Gasteiger partial charge in [0.05, 0.1) is 5.69 Å². The molecule has 1 aromatic heterocycles. The molecule has 0 radical (unpaired) electrons. The first-order chi connectivity index (χ1) is 8.88. The zero-order valence-corrected chi connectivity index (χ0v) is 10.8. The van der Waals surface area contributed by atoms with E-state index >= 15 is 0 Å². The molecular formula is C15H19N3. The maximum Gasteiger partial charge on any atom is 0.136 e. The lowest BCUT2D eigenvalue weighted by Crippen LogP contribution is -2.20. The SMILES string of the molecule is CNCc1cc2ccccc2c(N2CCCC2)n1. The summed E-state index contributed by atoms with van der Waals surface area (Å²) in [5.41, 5.74) is 1.12. The zero-order chi connectivity index (χ0) is 12.4. The second kappa shape index (κ2) is 4.94. The third-order valence-corrected chi connectivity index (χ3v) is 3.54. The van der Waals surface area contributed by atoms with E-state index in [1.54, 1.807) is 0 Å². The summed E-state index contributed by atoms with van der Waals surface area (Å²) in [6.45, 7) is 3.10. The smallest absolute Gasteiger partial charge is 0.136 e. The zero-order valence-electron chi connectivity index (χ0n) is 10.8. The monoisotopic (exact) mass is 241 g/mol. The molecular weight excluding hydrogens is 222 g/mol. The molecule has 2 aromatic rings. The predicted molar refractivity (Wildman–Crippen MR) is 76.0 cm³/mol. The van der Waals surface area contributed by atoms with Crippen LogP contribution in [-0.4, -0.2) is 25.1 Å². The highest BCUT2D eigenvalue weighted by atomic mass is 15.2. The summed E-state index contributed by atoms with van der Waals surface area (Å²) < 4.78 is 0. The fourth-order valence-electron chi connectivity index (χ4n) is 2.68. The second-order valence-electron chi connectivity index (χ2n) is 4.88. The molecule has 0 aliphatic carbocycles. The molecule has 1 saturated heterocycles. The van der Waals surface area contributed by atoms with Crippen LogP contribution in [0.2, 0.25) is 0 Å². The topological polar surface area (TPSA) is 28.2 Å². The molecule has 0 saturated carbocycles. The van der Waals surface area contributed by atoms with Crippen molar-refractivity contribution in [1.82, 2.24) is 10.3 Å². The van der Waals surface area contributed by atoms with Crippen LogP contribution >= 0.6 is 0 Å². The minimum atomic E-state index is 0.825. The highest BCUT2D eigenvalue weighted by Crippen LogP contribution is 2.28. The molecule has 0 bridgehead atoms. The molecule has 3 nitrogen and oxygen atoms in total. The van der Waals surface area contributed by atoms with Crippen molar-refractivity contribution in [3.8, 4) is 0 Å². The number of rotatable bonds is 3. The molecule has 2 heterocycles. The van der Waals surface area contributed by atoms with E-state index in [2.05, 4.69) is 40.5 Å². The Labute approximate surface area is 108 Å². The first-order valence-corrected chi connectivity index (χ1v) is 6.67. The van der Waals surface area contributed by atoms with Gasteiger partial charge in [0.2, 0.25) is 0 Å². The number of nitrogens with zero attached hydrogens (tertiary/aromatic N) is 2. The fourth-order valence-corrected chi connectivity index (χ4v) is 2.68. The van der Waals surface area contributed by atoms with E-state index in [0.717, 1.165) is 31.1 Å². The van der Waals surface area contributed by atoms with Gasteiger partial charge in [0.1, 0.15) is 5.82 Å². The summed E-state index contributed by atoms with van der Waals surface area (Å²) in [5.74, 6) is 1.16. The molecule has 0 atom stereocenters. The van der Waals surface area contributed by atoms with Crippen molar-refractivity contribution in [1.29, 1.82) is 0 Å². The van der Waals surface area contributed by atoms with Crippen LogP contribution in [0.5, 0.6) is 0 Å². The Kier molecular flexibility index (Phi) is 3.15. The third-order valence-electron chi connectivity index (χ3n) is 3.54. The van der Waals surface area contributed by atoms with Gasteiger partial charge >= 0.3 is 0 Å². The number of nitrogens with one attached hydrogen (secondary N) is 1. The third kappa shape index (κ3) is 2.06. The Hall–Kier alpha value is -1.61. The number of fused-ring (bicyclic) bond motifs is 1. The van der Waals surface area contributed by atoms with Crippen LogP contribution in [0.4, 0.5) is 5.82 Å². The van der Waals surface area contributed by atoms with Crippen molar-refractivity contribution >= 4 is 16.6 Å². The molecule has 1 aliphatic heterocycles. The minimum Gasteiger partial charge on any atom is -0.356 e. The summed E-state index contributed by atoms with van der Waals surface area (Å²) in [6, 6.07) is 10.7. The van der Waals surface area contributed by atoms with Gasteiger partial charge in [0.15, 0.2) is 0 Å². The van der Waals surface area contributed by atoms with Crippen molar-refractivity contribution < 1.29 is 0 Å². The van der Waals surface area contributed by atoms with Gasteiger partial charge in [-0.25, -0.2) is 4.98 Å². The van der Waals surface area contributed by atoms with Gasteiger partial charge in [-0.05, 0) is 31.3 Å². The average Bonchev–Trinajstić information content (AvgIpc) is 2.92. The van der Waals surface area contributed by atoms with Gasteiger partial charge in [0.25, 0.3) is 0 Å². The normalized spacial score (nSPS) is 15.5. The number of benzene rings is 1. The van der Waals surface area contributed by atoms with E-state index < -0.39 is 0 Å². The van der Waals surface area contributed by atoms with Gasteiger partial charge in [-0.15, -0.1) is 0 Å². The van der Waals surface area contributed by atoms with Crippen molar-refractivity contribution in [3.63, 3.8) is 0 Å². The van der Waals surface area contributed by atoms with Gasteiger partial charge in [-0.2, -0.15) is 0 Å². The van der Waals surface area contributed by atoms with Crippen LogP contribution in [-0.2, 0) is 6.54 Å². The van der Waals surface area contributed by atoms with E-state index in [9.17, 15) is 0 Å². The molecule has 0 unspecified atom stereocenters. The number of aromatic nitrogens is 1. The maximum atomic E-state index is 4.84. The molecule has 3 rings (SSSR count). The molecule has 1 fully saturated rings. The largest absolute Gasteiger partial charge is 0.356 e. The summed E-state index contributed by atoms with van der Waals surface area (Å²) >= 11 is 0. The quantitative estimate of drug-likeness (QED) is 0.895. The minimum absolute atomic E-state index is 0.825. The highest BCUT2D eigenvalue weighted by molar-refractivity contribution is 5.92. The molecule has 18 heavy (non-hydrogen) atoms. The molecule has 1 N–H and O–H groups in total. The summed E-state index contributed by atoms with van der Waals surface area (Å²) in [4.78, 5) is 7.25. The van der Waals surface area contributed by atoms with E-state index in [-0.39, 0.29) is 0 Å². The Morgan fingerprint density at radius 1 is 1.22 bits per heavy atom. The van der Waals surface area contributed by atoms with Gasteiger partial charge in [0, 0.05) is 25.0 Å². The van der Waals surface area contributed by atoms with Crippen molar-refractivity contribution in [3.05, 3.63) is 36.0 Å². The van der Waals surface area contributed by atoms with E-state index in [4.69, 9.17) is 4.98 Å². The van der Waals surface area contributed by atoms with Crippen LogP contribution in [0.1, 0.15) is 18.5 Å². The van der Waals surface area contributed by atoms with E-state index in [0.29, 0.717) is 0 Å². The average molecular weight is 241 g/mol. The number of anilines is 1. The van der Waals surface area contributed by atoms with E-state index in [1.807, 2.05) is 7.05 Å². The Morgan fingerprint density at radius 2 is 2.00 bits per heavy atom. The highest BCUT2D eigenvalue weighted by Gasteiger charge is 2.16. The van der Waals surface area contributed by atoms with Gasteiger partial charge < -0.3 is 10.2 Å². The van der Waals surface area contributed by atoms with Gasteiger partial charge in [-0.1, -0.05) is 24.3 Å². The molecule has 94 valence electrons. The lowest BCUT2D eigenvalue weighted by Gasteiger charge is -2.19. The van der Waals surface area contributed by atoms with E-state index in [1.165, 1.54) is 23.6 Å². The van der Waals surface area contributed by atoms with Crippen molar-refractivity contribution in [2.75, 3.05) is 25.0 Å². The molecule has 1 aliphatic rings. The summed E-state index contributed by atoms with van der Waals surface area (Å²) in [6.07, 6.45) is 2.57. The van der Waals surface area contributed by atoms with Crippen LogP contribution in [0.15, 0.2) is 30.3 Å². The number of hydrogen-bond donors (Lipinski definition) is 1. The molecule has 3 heteroatoms. The lowest BCUT2D eigenvalue weighted by molar-refractivity contribution is 0.788. The van der Waals surface area contributed by atoms with Crippen molar-refractivity contribution in [2.45, 2.75) is 19.4 Å². The maximum absolute atomic E-state index is 4.84. The van der Waals surface area contributed by atoms with Gasteiger partial charge in [-0.3, -0.25) is 0 Å².